The maximum Gasteiger partial charge on any atom is 0.123 e. The summed E-state index contributed by atoms with van der Waals surface area (Å²) in [6.07, 6.45) is 3.03. The molecule has 0 saturated carbocycles. The second kappa shape index (κ2) is 9.62. The minimum absolute atomic E-state index is 0.436. The van der Waals surface area contributed by atoms with Gasteiger partial charge in [-0.1, -0.05) is 35.0 Å². The number of ether oxygens (including phenoxy) is 2. The van der Waals surface area contributed by atoms with Crippen molar-refractivity contribution in [2.75, 3.05) is 27.4 Å². The van der Waals surface area contributed by atoms with Gasteiger partial charge in [-0.3, -0.25) is 0 Å². The van der Waals surface area contributed by atoms with E-state index in [1.54, 1.807) is 20.4 Å². The number of nitrogens with one attached hydrogen (secondary N) is 1. The van der Waals surface area contributed by atoms with Gasteiger partial charge in [0.1, 0.15) is 12.4 Å². The first-order chi connectivity index (χ1) is 13.7. The van der Waals surface area contributed by atoms with E-state index in [0.717, 1.165) is 39.5 Å². The summed E-state index contributed by atoms with van der Waals surface area (Å²) in [5.41, 5.74) is 5.60. The molecule has 0 unspecified atom stereocenters. The predicted octanol–water partition coefficient (Wildman–Crippen LogP) is 4.92. The Balaban J connectivity index is 1.95. The van der Waals surface area contributed by atoms with Crippen molar-refractivity contribution in [1.29, 1.82) is 0 Å². The first kappa shape index (κ1) is 20.2. The maximum absolute atomic E-state index is 6.42. The molecule has 3 aromatic rings. The van der Waals surface area contributed by atoms with Crippen molar-refractivity contribution < 1.29 is 14.3 Å². The lowest BCUT2D eigenvalue weighted by molar-refractivity contribution is 0.145. The van der Waals surface area contributed by atoms with Crippen LogP contribution >= 0.6 is 11.6 Å². The summed E-state index contributed by atoms with van der Waals surface area (Å²) in [7, 11) is 3.32. The fraction of sp³-hybridized carbons (Fsp3) is 0.318. The highest BCUT2D eigenvalue weighted by atomic mass is 35.5. The number of methoxy groups -OCH3 is 2. The molecule has 0 aliphatic carbocycles. The van der Waals surface area contributed by atoms with E-state index in [1.807, 2.05) is 30.3 Å². The number of H-pyrrole nitrogens is 1. The molecule has 0 aliphatic heterocycles. The average Bonchev–Trinajstić information content (AvgIpc) is 3.02. The summed E-state index contributed by atoms with van der Waals surface area (Å²) in [5.74, 6) is 0.853. The molecule has 6 heteroatoms. The van der Waals surface area contributed by atoms with Gasteiger partial charge in [-0.25, -0.2) is 0 Å². The van der Waals surface area contributed by atoms with Gasteiger partial charge in [0, 0.05) is 47.1 Å². The van der Waals surface area contributed by atoms with Gasteiger partial charge in [0.25, 0.3) is 0 Å². The van der Waals surface area contributed by atoms with Crippen LogP contribution in [0.4, 0.5) is 0 Å². The fourth-order valence-electron chi connectivity index (χ4n) is 3.41. The van der Waals surface area contributed by atoms with Gasteiger partial charge in [0.2, 0.25) is 0 Å². The Morgan fingerprint density at radius 1 is 1.11 bits per heavy atom. The molecule has 0 amide bonds. The Morgan fingerprint density at radius 3 is 2.68 bits per heavy atom. The van der Waals surface area contributed by atoms with E-state index in [9.17, 15) is 0 Å². The van der Waals surface area contributed by atoms with Crippen molar-refractivity contribution in [3.05, 3.63) is 63.8 Å². The number of halogens is 1. The Bertz CT molecular complexity index is 966. The highest BCUT2D eigenvalue weighted by molar-refractivity contribution is 6.31. The standard InChI is InChI=1S/C22H25ClN2O3/c1-15-17(10-12-28-24-11-13-26-2)22-18(14-16-6-4-5-7-19(16)23)21(27-3)9-8-20(22)25-15/h4-9,11,25H,10,12-14H2,1-3H3/b24-11+. The number of fused-ring (bicyclic) bond motifs is 1. The molecule has 5 nitrogen and oxygen atoms in total. The van der Waals surface area contributed by atoms with Gasteiger partial charge >= 0.3 is 0 Å². The Kier molecular flexibility index (Phi) is 6.95. The van der Waals surface area contributed by atoms with Gasteiger partial charge in [0.15, 0.2) is 0 Å². The van der Waals surface area contributed by atoms with E-state index in [4.69, 9.17) is 25.9 Å². The molecule has 148 valence electrons. The van der Waals surface area contributed by atoms with Crippen LogP contribution in [0.5, 0.6) is 5.75 Å². The zero-order valence-corrected chi connectivity index (χ0v) is 17.2. The predicted molar refractivity (Wildman–Crippen MR) is 114 cm³/mol. The minimum atomic E-state index is 0.436. The fourth-order valence-corrected chi connectivity index (χ4v) is 3.61. The van der Waals surface area contributed by atoms with Gasteiger partial charge < -0.3 is 19.3 Å². The van der Waals surface area contributed by atoms with Gasteiger partial charge in [-0.05, 0) is 36.2 Å². The smallest absolute Gasteiger partial charge is 0.123 e. The Labute approximate surface area is 170 Å². The molecular weight excluding hydrogens is 376 g/mol. The zero-order valence-electron chi connectivity index (χ0n) is 16.4. The Hall–Kier alpha value is -2.50. The number of hydrogen-bond acceptors (Lipinski definition) is 4. The SMILES string of the molecule is COC/C=N/OCCc1c(C)[nH]c2ccc(OC)c(Cc3ccccc3Cl)c12. The van der Waals surface area contributed by atoms with Crippen LogP contribution in [0.2, 0.25) is 5.02 Å². The lowest BCUT2D eigenvalue weighted by Crippen LogP contribution is -2.00. The largest absolute Gasteiger partial charge is 0.496 e. The average molecular weight is 401 g/mol. The van der Waals surface area contributed by atoms with Crippen molar-refractivity contribution in [2.24, 2.45) is 5.16 Å². The van der Waals surface area contributed by atoms with Crippen LogP contribution < -0.4 is 4.74 Å². The molecule has 0 fully saturated rings. The molecule has 3 rings (SSSR count). The number of nitrogens with zero attached hydrogens (tertiary/aromatic N) is 1. The molecular formula is C22H25ClN2O3. The first-order valence-electron chi connectivity index (χ1n) is 9.18. The summed E-state index contributed by atoms with van der Waals surface area (Å²) >= 11 is 6.42. The van der Waals surface area contributed by atoms with Gasteiger partial charge in [-0.15, -0.1) is 0 Å². The molecule has 1 aromatic heterocycles. The van der Waals surface area contributed by atoms with Crippen molar-refractivity contribution in [1.82, 2.24) is 4.98 Å². The normalized spacial score (nSPS) is 11.4. The molecule has 0 atom stereocenters. The molecule has 0 bridgehead atoms. The van der Waals surface area contributed by atoms with E-state index in [0.29, 0.717) is 19.6 Å². The van der Waals surface area contributed by atoms with Crippen molar-refractivity contribution >= 4 is 28.7 Å². The zero-order chi connectivity index (χ0) is 19.9. The maximum atomic E-state index is 6.42. The van der Waals surface area contributed by atoms with Crippen molar-refractivity contribution in [3.63, 3.8) is 0 Å². The highest BCUT2D eigenvalue weighted by Gasteiger charge is 2.17. The van der Waals surface area contributed by atoms with E-state index in [1.165, 1.54) is 10.9 Å². The second-order valence-corrected chi connectivity index (χ2v) is 6.90. The lowest BCUT2D eigenvalue weighted by atomic mass is 9.96. The minimum Gasteiger partial charge on any atom is -0.496 e. The van der Waals surface area contributed by atoms with Crippen LogP contribution in [-0.2, 0) is 22.4 Å². The third-order valence-corrected chi connectivity index (χ3v) is 5.09. The number of aromatic nitrogens is 1. The summed E-state index contributed by atoms with van der Waals surface area (Å²) < 4.78 is 10.6. The molecule has 0 saturated heterocycles. The molecule has 28 heavy (non-hydrogen) atoms. The quantitative estimate of drug-likeness (QED) is 0.315. The van der Waals surface area contributed by atoms with E-state index < -0.39 is 0 Å². The topological polar surface area (TPSA) is 55.8 Å². The van der Waals surface area contributed by atoms with Crippen LogP contribution in [0, 0.1) is 6.92 Å². The van der Waals surface area contributed by atoms with Crippen LogP contribution in [-0.4, -0.2) is 38.6 Å². The molecule has 1 heterocycles. The third-order valence-electron chi connectivity index (χ3n) is 4.73. The van der Waals surface area contributed by atoms with Crippen LogP contribution in [0.25, 0.3) is 10.9 Å². The summed E-state index contributed by atoms with van der Waals surface area (Å²) in [4.78, 5) is 8.85. The van der Waals surface area contributed by atoms with E-state index >= 15 is 0 Å². The molecule has 0 radical (unpaired) electrons. The number of benzene rings is 2. The number of aromatic amines is 1. The van der Waals surface area contributed by atoms with Gasteiger partial charge in [-0.2, -0.15) is 0 Å². The molecule has 2 aromatic carbocycles. The van der Waals surface area contributed by atoms with Crippen LogP contribution in [0.1, 0.15) is 22.4 Å². The summed E-state index contributed by atoms with van der Waals surface area (Å²) in [6, 6.07) is 12.0. The Morgan fingerprint density at radius 2 is 1.93 bits per heavy atom. The van der Waals surface area contributed by atoms with Crippen LogP contribution in [0.15, 0.2) is 41.6 Å². The lowest BCUT2D eigenvalue weighted by Gasteiger charge is -2.13. The molecule has 1 N–H and O–H groups in total. The first-order valence-corrected chi connectivity index (χ1v) is 9.56. The number of oxime groups is 1. The van der Waals surface area contributed by atoms with E-state index in [2.05, 4.69) is 23.1 Å². The van der Waals surface area contributed by atoms with Gasteiger partial charge in [0.05, 0.1) is 19.9 Å². The third kappa shape index (κ3) is 4.49. The van der Waals surface area contributed by atoms with Crippen molar-refractivity contribution in [2.45, 2.75) is 19.8 Å². The second-order valence-electron chi connectivity index (χ2n) is 6.49. The van der Waals surface area contributed by atoms with E-state index in [-0.39, 0.29) is 0 Å². The van der Waals surface area contributed by atoms with Crippen molar-refractivity contribution in [3.8, 4) is 5.75 Å². The molecule has 0 aliphatic rings. The number of aryl methyl sites for hydroxylation is 1. The summed E-state index contributed by atoms with van der Waals surface area (Å²) in [5, 5.41) is 5.83. The molecule has 0 spiro atoms. The monoisotopic (exact) mass is 400 g/mol. The van der Waals surface area contributed by atoms with Crippen LogP contribution in [0.3, 0.4) is 0 Å². The number of hydrogen-bond donors (Lipinski definition) is 1. The highest BCUT2D eigenvalue weighted by Crippen LogP contribution is 2.35. The number of rotatable bonds is 9. The summed E-state index contributed by atoms with van der Waals surface area (Å²) in [6.45, 7) is 3.00.